The van der Waals surface area contributed by atoms with Gasteiger partial charge in [0.15, 0.2) is 5.15 Å². The summed E-state index contributed by atoms with van der Waals surface area (Å²) in [5, 5.41) is 3.35. The second-order valence-electron chi connectivity index (χ2n) is 2.46. The molecule has 0 aliphatic rings. The van der Waals surface area contributed by atoms with Crippen molar-refractivity contribution in [3.63, 3.8) is 0 Å². The molecule has 78 valence electrons. The average Bonchev–Trinajstić information content (AvgIpc) is 2.14. The first-order chi connectivity index (χ1) is 6.65. The van der Waals surface area contributed by atoms with Crippen LogP contribution < -0.4 is 11.1 Å². The molecule has 0 amide bonds. The second-order valence-corrected chi connectivity index (χ2v) is 4.59. The molecule has 0 saturated carbocycles. The quantitative estimate of drug-likeness (QED) is 0.659. The standard InChI is InChI=1S/C7H10BrClN4S/c1-14-3-2-11-7-12-5(9)4(8)6(10)13-7/h2-3H2,1H3,(H3,10,11,12,13). The van der Waals surface area contributed by atoms with Crippen molar-refractivity contribution in [1.82, 2.24) is 9.97 Å². The molecule has 0 spiro atoms. The van der Waals surface area contributed by atoms with Gasteiger partial charge in [-0.1, -0.05) is 11.6 Å². The molecular formula is C7H10BrClN4S. The van der Waals surface area contributed by atoms with Crippen molar-refractivity contribution in [2.45, 2.75) is 0 Å². The molecule has 4 nitrogen and oxygen atoms in total. The molecule has 0 atom stereocenters. The van der Waals surface area contributed by atoms with Crippen molar-refractivity contribution in [2.24, 2.45) is 0 Å². The third-order valence-electron chi connectivity index (χ3n) is 1.43. The molecule has 14 heavy (non-hydrogen) atoms. The van der Waals surface area contributed by atoms with Gasteiger partial charge in [0.05, 0.1) is 4.47 Å². The first kappa shape index (κ1) is 11.9. The highest BCUT2D eigenvalue weighted by molar-refractivity contribution is 9.10. The Bertz CT molecular complexity index is 300. The summed E-state index contributed by atoms with van der Waals surface area (Å²) in [7, 11) is 0. The van der Waals surface area contributed by atoms with Crippen molar-refractivity contribution >= 4 is 51.1 Å². The molecule has 0 aromatic carbocycles. The van der Waals surface area contributed by atoms with Gasteiger partial charge in [-0.05, 0) is 22.2 Å². The number of nitrogens with two attached hydrogens (primary N) is 1. The summed E-state index contributed by atoms with van der Waals surface area (Å²) in [4.78, 5) is 8.03. The van der Waals surface area contributed by atoms with Crippen molar-refractivity contribution in [3.8, 4) is 0 Å². The van der Waals surface area contributed by atoms with Crippen LogP contribution in [0.3, 0.4) is 0 Å². The normalized spacial score (nSPS) is 10.2. The van der Waals surface area contributed by atoms with Crippen LogP contribution in [0.4, 0.5) is 11.8 Å². The molecule has 0 aliphatic heterocycles. The van der Waals surface area contributed by atoms with Crippen LogP contribution >= 0.6 is 39.3 Å². The van der Waals surface area contributed by atoms with Gasteiger partial charge in [-0.3, -0.25) is 0 Å². The van der Waals surface area contributed by atoms with Crippen LogP contribution in [0.5, 0.6) is 0 Å². The maximum absolute atomic E-state index is 5.81. The Balaban J connectivity index is 2.69. The Morgan fingerprint density at radius 1 is 1.57 bits per heavy atom. The van der Waals surface area contributed by atoms with E-state index in [1.54, 1.807) is 11.8 Å². The lowest BCUT2D eigenvalue weighted by Crippen LogP contribution is -2.09. The molecular weight excluding hydrogens is 288 g/mol. The highest BCUT2D eigenvalue weighted by Crippen LogP contribution is 2.26. The molecule has 0 fully saturated rings. The van der Waals surface area contributed by atoms with Crippen LogP contribution in [0.25, 0.3) is 0 Å². The maximum atomic E-state index is 5.81. The van der Waals surface area contributed by atoms with E-state index in [0.29, 0.717) is 21.4 Å². The smallest absolute Gasteiger partial charge is 0.226 e. The van der Waals surface area contributed by atoms with Crippen molar-refractivity contribution in [1.29, 1.82) is 0 Å². The van der Waals surface area contributed by atoms with Gasteiger partial charge < -0.3 is 11.1 Å². The number of anilines is 2. The number of halogens is 2. The molecule has 3 N–H and O–H groups in total. The summed E-state index contributed by atoms with van der Waals surface area (Å²) in [5.74, 6) is 1.79. The molecule has 1 heterocycles. The predicted molar refractivity (Wildman–Crippen MR) is 66.0 cm³/mol. The average molecular weight is 298 g/mol. The van der Waals surface area contributed by atoms with Gasteiger partial charge >= 0.3 is 0 Å². The zero-order valence-corrected chi connectivity index (χ0v) is 10.7. The highest BCUT2D eigenvalue weighted by Gasteiger charge is 2.06. The summed E-state index contributed by atoms with van der Waals surface area (Å²) in [6.45, 7) is 0.790. The number of hydrogen-bond acceptors (Lipinski definition) is 5. The number of hydrogen-bond donors (Lipinski definition) is 2. The number of thioether (sulfide) groups is 1. The van der Waals surface area contributed by atoms with Crippen LogP contribution in [0, 0.1) is 0 Å². The lowest BCUT2D eigenvalue weighted by molar-refractivity contribution is 1.09. The number of rotatable bonds is 4. The molecule has 7 heteroatoms. The number of nitrogen functional groups attached to an aromatic ring is 1. The minimum atomic E-state index is 0.323. The zero-order valence-electron chi connectivity index (χ0n) is 7.55. The van der Waals surface area contributed by atoms with E-state index in [2.05, 4.69) is 31.2 Å². The summed E-state index contributed by atoms with van der Waals surface area (Å²) >= 11 is 10.7. The minimum Gasteiger partial charge on any atom is -0.383 e. The molecule has 0 saturated heterocycles. The van der Waals surface area contributed by atoms with Gasteiger partial charge in [0, 0.05) is 12.3 Å². The maximum Gasteiger partial charge on any atom is 0.226 e. The van der Waals surface area contributed by atoms with E-state index in [4.69, 9.17) is 17.3 Å². The van der Waals surface area contributed by atoms with Crippen LogP contribution in [-0.4, -0.2) is 28.5 Å². The van der Waals surface area contributed by atoms with Gasteiger partial charge in [-0.2, -0.15) is 21.7 Å². The Morgan fingerprint density at radius 3 is 2.86 bits per heavy atom. The van der Waals surface area contributed by atoms with Gasteiger partial charge in [0.25, 0.3) is 0 Å². The third kappa shape index (κ3) is 3.18. The van der Waals surface area contributed by atoms with Crippen LogP contribution in [-0.2, 0) is 0 Å². The van der Waals surface area contributed by atoms with Gasteiger partial charge in [-0.15, -0.1) is 0 Å². The first-order valence-electron chi connectivity index (χ1n) is 3.86. The summed E-state index contributed by atoms with van der Waals surface area (Å²) in [6, 6.07) is 0. The second kappa shape index (κ2) is 5.63. The minimum absolute atomic E-state index is 0.323. The summed E-state index contributed by atoms with van der Waals surface area (Å²) in [5.41, 5.74) is 5.60. The Labute approximate surface area is 100 Å². The molecule has 0 bridgehead atoms. The molecule has 0 unspecified atom stereocenters. The number of nitrogens with zero attached hydrogens (tertiary/aromatic N) is 2. The highest BCUT2D eigenvalue weighted by atomic mass is 79.9. The monoisotopic (exact) mass is 296 g/mol. The summed E-state index contributed by atoms with van der Waals surface area (Å²) < 4.78 is 0.537. The van der Waals surface area contributed by atoms with Crippen molar-refractivity contribution in [2.75, 3.05) is 29.6 Å². The molecule has 1 aromatic rings. The molecule has 1 aromatic heterocycles. The van der Waals surface area contributed by atoms with Crippen LogP contribution in [0.1, 0.15) is 0 Å². The fraction of sp³-hybridized carbons (Fsp3) is 0.429. The number of aromatic nitrogens is 2. The largest absolute Gasteiger partial charge is 0.383 e. The first-order valence-corrected chi connectivity index (χ1v) is 6.43. The number of nitrogens with one attached hydrogen (secondary N) is 1. The van der Waals surface area contributed by atoms with E-state index in [1.165, 1.54) is 0 Å². The predicted octanol–water partition coefficient (Wildman–Crippen LogP) is 2.25. The lowest BCUT2D eigenvalue weighted by Gasteiger charge is -2.06. The Morgan fingerprint density at radius 2 is 2.29 bits per heavy atom. The van der Waals surface area contributed by atoms with E-state index in [1.807, 2.05) is 6.26 Å². The van der Waals surface area contributed by atoms with Gasteiger partial charge in [0.1, 0.15) is 5.82 Å². The summed E-state index contributed by atoms with van der Waals surface area (Å²) in [6.07, 6.45) is 2.03. The van der Waals surface area contributed by atoms with E-state index in [-0.39, 0.29) is 0 Å². The Kier molecular flexibility index (Phi) is 4.77. The van der Waals surface area contributed by atoms with Gasteiger partial charge in [-0.25, -0.2) is 0 Å². The van der Waals surface area contributed by atoms with E-state index >= 15 is 0 Å². The fourth-order valence-corrected chi connectivity index (χ4v) is 1.44. The third-order valence-corrected chi connectivity index (χ3v) is 3.32. The zero-order chi connectivity index (χ0) is 10.6. The van der Waals surface area contributed by atoms with E-state index in [9.17, 15) is 0 Å². The molecule has 0 aliphatic carbocycles. The van der Waals surface area contributed by atoms with Crippen molar-refractivity contribution < 1.29 is 0 Å². The van der Waals surface area contributed by atoms with Crippen molar-refractivity contribution in [3.05, 3.63) is 9.63 Å². The Hall–Kier alpha value is -0.200. The molecule has 1 rings (SSSR count). The van der Waals surface area contributed by atoms with E-state index < -0.39 is 0 Å². The van der Waals surface area contributed by atoms with Gasteiger partial charge in [0.2, 0.25) is 5.95 Å². The van der Waals surface area contributed by atoms with Crippen LogP contribution in [0.2, 0.25) is 5.15 Å². The molecule has 0 radical (unpaired) electrons. The van der Waals surface area contributed by atoms with Crippen LogP contribution in [0.15, 0.2) is 4.47 Å². The lowest BCUT2D eigenvalue weighted by atomic mass is 10.6. The SMILES string of the molecule is CSCCNc1nc(N)c(Br)c(Cl)n1. The topological polar surface area (TPSA) is 63.8 Å². The fourth-order valence-electron chi connectivity index (χ4n) is 0.780. The van der Waals surface area contributed by atoms with E-state index in [0.717, 1.165) is 12.3 Å².